The molecular formula is C26H30F2N4O4. The van der Waals surface area contributed by atoms with Crippen LogP contribution in [0, 0.1) is 6.92 Å². The van der Waals surface area contributed by atoms with E-state index in [9.17, 15) is 18.7 Å². The van der Waals surface area contributed by atoms with Gasteiger partial charge in [0.1, 0.15) is 18.1 Å². The van der Waals surface area contributed by atoms with Crippen LogP contribution in [0.25, 0.3) is 10.9 Å². The van der Waals surface area contributed by atoms with Crippen LogP contribution in [0.4, 0.5) is 14.5 Å². The number of nitrogens with one attached hydrogen (secondary N) is 2. The second-order valence-corrected chi connectivity index (χ2v) is 9.26. The van der Waals surface area contributed by atoms with Crippen molar-refractivity contribution in [3.8, 4) is 11.5 Å². The molecule has 36 heavy (non-hydrogen) atoms. The first kappa shape index (κ1) is 24.3. The van der Waals surface area contributed by atoms with Crippen LogP contribution < -0.4 is 14.8 Å². The molecule has 1 aromatic heterocycles. The van der Waals surface area contributed by atoms with E-state index >= 15 is 0 Å². The Hall–Kier alpha value is -3.37. The third-order valence-corrected chi connectivity index (χ3v) is 7.09. The topological polar surface area (TPSA) is 90.1 Å². The summed E-state index contributed by atoms with van der Waals surface area (Å²) in [7, 11) is 1.65. The predicted molar refractivity (Wildman–Crippen MR) is 133 cm³/mol. The van der Waals surface area contributed by atoms with Gasteiger partial charge in [-0.2, -0.15) is 0 Å². The van der Waals surface area contributed by atoms with Crippen LogP contribution in [-0.4, -0.2) is 78.7 Å². The molecule has 0 bridgehead atoms. The summed E-state index contributed by atoms with van der Waals surface area (Å²) in [4.78, 5) is 19.1. The van der Waals surface area contributed by atoms with Crippen molar-refractivity contribution in [2.45, 2.75) is 25.9 Å². The number of hydrogen-bond donors (Lipinski definition) is 3. The second kappa shape index (κ2) is 9.94. The fourth-order valence-electron chi connectivity index (χ4n) is 5.41. The first-order valence-corrected chi connectivity index (χ1v) is 12.0. The molecule has 2 aliphatic rings. The summed E-state index contributed by atoms with van der Waals surface area (Å²) in [5.41, 5.74) is 4.49. The number of aromatic nitrogens is 1. The number of halogens is 2. The average Bonchev–Trinajstić information content (AvgIpc) is 3.36. The predicted octanol–water partition coefficient (Wildman–Crippen LogP) is 4.11. The molecule has 1 saturated heterocycles. The summed E-state index contributed by atoms with van der Waals surface area (Å²) in [6.45, 7) is 4.57. The van der Waals surface area contributed by atoms with Crippen molar-refractivity contribution in [1.82, 2.24) is 14.8 Å². The number of carboxylic acid groups (broad SMARTS) is 1. The summed E-state index contributed by atoms with van der Waals surface area (Å²) in [6.07, 6.45) is -0.533. The van der Waals surface area contributed by atoms with Crippen molar-refractivity contribution < 1.29 is 28.2 Å². The molecule has 1 fully saturated rings. The smallest absolute Gasteiger partial charge is 0.337 e. The summed E-state index contributed by atoms with van der Waals surface area (Å²) >= 11 is 0. The Kier molecular flexibility index (Phi) is 6.72. The van der Waals surface area contributed by atoms with E-state index in [2.05, 4.69) is 15.2 Å². The van der Waals surface area contributed by atoms with E-state index in [1.807, 2.05) is 25.3 Å². The number of H-pyrrole nitrogens is 1. The minimum absolute atomic E-state index is 0.134. The number of methoxy groups -OCH3 is 1. The highest BCUT2D eigenvalue weighted by Gasteiger charge is 2.34. The molecule has 0 spiro atoms. The number of carbonyl (C=O) groups is 1. The van der Waals surface area contributed by atoms with Gasteiger partial charge in [0.05, 0.1) is 30.9 Å². The number of ether oxygens (including phenoxy) is 2. The quantitative estimate of drug-likeness (QED) is 0.450. The third kappa shape index (κ3) is 4.46. The van der Waals surface area contributed by atoms with E-state index in [-0.39, 0.29) is 18.2 Å². The van der Waals surface area contributed by atoms with Gasteiger partial charge in [-0.15, -0.1) is 0 Å². The van der Waals surface area contributed by atoms with Crippen molar-refractivity contribution >= 4 is 22.6 Å². The Balaban J connectivity index is 1.57. The average molecular weight is 501 g/mol. The molecular weight excluding hydrogens is 470 g/mol. The van der Waals surface area contributed by atoms with Crippen molar-refractivity contribution in [1.29, 1.82) is 0 Å². The van der Waals surface area contributed by atoms with E-state index in [0.717, 1.165) is 33.3 Å². The van der Waals surface area contributed by atoms with Crippen molar-refractivity contribution in [2.75, 3.05) is 51.8 Å². The monoisotopic (exact) mass is 500 g/mol. The highest BCUT2D eigenvalue weighted by atomic mass is 19.3. The van der Waals surface area contributed by atoms with Gasteiger partial charge < -0.3 is 24.9 Å². The fraction of sp³-hybridized carbons (Fsp3) is 0.423. The van der Waals surface area contributed by atoms with Crippen molar-refractivity contribution in [3.63, 3.8) is 0 Å². The molecule has 8 nitrogen and oxygen atoms in total. The Morgan fingerprint density at radius 1 is 1.31 bits per heavy atom. The molecule has 0 radical (unpaired) electrons. The first-order chi connectivity index (χ1) is 17.4. The van der Waals surface area contributed by atoms with E-state index in [4.69, 9.17) is 9.47 Å². The zero-order valence-corrected chi connectivity index (χ0v) is 20.3. The summed E-state index contributed by atoms with van der Waals surface area (Å²) in [5.74, 6) is 0.210. The van der Waals surface area contributed by atoms with Gasteiger partial charge in [0.15, 0.2) is 0 Å². The van der Waals surface area contributed by atoms with Crippen molar-refractivity contribution in [3.05, 3.63) is 52.7 Å². The fourth-order valence-corrected chi connectivity index (χ4v) is 5.41. The molecule has 0 saturated carbocycles. The molecule has 2 aromatic carbocycles. The van der Waals surface area contributed by atoms with Crippen LogP contribution in [0.1, 0.15) is 33.1 Å². The number of nitrogens with zero attached hydrogens (tertiary/aromatic N) is 2. The highest BCUT2D eigenvalue weighted by Crippen LogP contribution is 2.42. The van der Waals surface area contributed by atoms with E-state index in [0.29, 0.717) is 50.8 Å². The van der Waals surface area contributed by atoms with Crippen LogP contribution >= 0.6 is 0 Å². The summed E-state index contributed by atoms with van der Waals surface area (Å²) < 4.78 is 38.3. The second-order valence-electron chi connectivity index (χ2n) is 9.26. The maximum Gasteiger partial charge on any atom is 0.337 e. The van der Waals surface area contributed by atoms with Crippen LogP contribution in [0.5, 0.6) is 11.5 Å². The largest absolute Gasteiger partial charge is 0.496 e. The number of rotatable bonds is 7. The maximum atomic E-state index is 13.3. The number of anilines is 1. The van der Waals surface area contributed by atoms with Gasteiger partial charge in [-0.25, -0.2) is 13.6 Å². The molecule has 192 valence electrons. The molecule has 0 amide bonds. The SMILES string of the molecule is COc1cc(C)c2[nH]ccc2c1CN1CCN(CC(F)F)CC1c1ccc(C(=O)O)c2c1OCCN2. The Bertz CT molecular complexity index is 1280. The minimum Gasteiger partial charge on any atom is -0.496 e. The molecule has 3 N–H and O–H groups in total. The number of hydrogen-bond acceptors (Lipinski definition) is 6. The zero-order chi connectivity index (χ0) is 25.4. The molecule has 3 aromatic rings. The van der Waals surface area contributed by atoms with E-state index < -0.39 is 12.4 Å². The van der Waals surface area contributed by atoms with Gasteiger partial charge in [0, 0.05) is 61.0 Å². The number of aryl methyl sites for hydroxylation is 1. The van der Waals surface area contributed by atoms with Crippen LogP contribution in [-0.2, 0) is 6.54 Å². The zero-order valence-electron chi connectivity index (χ0n) is 20.3. The van der Waals surface area contributed by atoms with Crippen LogP contribution in [0.15, 0.2) is 30.5 Å². The molecule has 1 unspecified atom stereocenters. The van der Waals surface area contributed by atoms with Crippen LogP contribution in [0.2, 0.25) is 0 Å². The molecule has 3 heterocycles. The number of piperazine rings is 1. The van der Waals surface area contributed by atoms with Gasteiger partial charge in [-0.3, -0.25) is 9.80 Å². The van der Waals surface area contributed by atoms with Crippen LogP contribution in [0.3, 0.4) is 0 Å². The lowest BCUT2D eigenvalue weighted by atomic mass is 9.95. The number of alkyl halides is 2. The van der Waals surface area contributed by atoms with Gasteiger partial charge >= 0.3 is 5.97 Å². The number of carboxylic acids is 1. The van der Waals surface area contributed by atoms with E-state index in [1.165, 1.54) is 0 Å². The standard InChI is InChI=1S/C26H30F2N4O4/c1-15-11-21(35-2)19(16-5-6-29-23(15)16)12-32-9-8-31(14-22(27)28)13-20(32)17-3-4-18(26(33)34)24-25(17)36-10-7-30-24/h3-6,11,20,22,29-30H,7-10,12-14H2,1-2H3,(H,33,34). The van der Waals surface area contributed by atoms with E-state index in [1.54, 1.807) is 24.1 Å². The summed E-state index contributed by atoms with van der Waals surface area (Å²) in [5, 5.41) is 13.9. The lowest BCUT2D eigenvalue weighted by molar-refractivity contribution is 0.0237. The number of fused-ring (bicyclic) bond motifs is 2. The Morgan fingerprint density at radius 3 is 2.89 bits per heavy atom. The van der Waals surface area contributed by atoms with Crippen molar-refractivity contribution in [2.24, 2.45) is 0 Å². The summed E-state index contributed by atoms with van der Waals surface area (Å²) in [6, 6.07) is 7.08. The Labute approximate surface area is 207 Å². The molecule has 0 aliphatic carbocycles. The van der Waals surface area contributed by atoms with Gasteiger partial charge in [0.25, 0.3) is 6.43 Å². The molecule has 2 aliphatic heterocycles. The lowest BCUT2D eigenvalue weighted by Gasteiger charge is -2.42. The minimum atomic E-state index is -2.44. The number of aromatic carboxylic acids is 1. The first-order valence-electron chi connectivity index (χ1n) is 12.0. The third-order valence-electron chi connectivity index (χ3n) is 7.09. The highest BCUT2D eigenvalue weighted by molar-refractivity contribution is 5.96. The molecule has 1 atom stereocenters. The van der Waals surface area contributed by atoms with Gasteiger partial charge in [-0.1, -0.05) is 6.07 Å². The van der Waals surface area contributed by atoms with Gasteiger partial charge in [-0.05, 0) is 30.7 Å². The number of aromatic amines is 1. The normalized spacial score (nSPS) is 18.6. The number of benzene rings is 2. The van der Waals surface area contributed by atoms with Gasteiger partial charge in [0.2, 0.25) is 0 Å². The molecule has 5 rings (SSSR count). The lowest BCUT2D eigenvalue weighted by Crippen LogP contribution is -2.49. The Morgan fingerprint density at radius 2 is 2.14 bits per heavy atom. The maximum absolute atomic E-state index is 13.3. The molecule has 10 heteroatoms.